The van der Waals surface area contributed by atoms with E-state index in [0.717, 1.165) is 15.8 Å². The molecule has 1 fully saturated rings. The molecule has 0 spiro atoms. The van der Waals surface area contributed by atoms with E-state index in [9.17, 15) is 9.90 Å². The maximum Gasteiger partial charge on any atom is 0.257 e. The van der Waals surface area contributed by atoms with Gasteiger partial charge >= 0.3 is 0 Å². The van der Waals surface area contributed by atoms with E-state index in [0.29, 0.717) is 28.8 Å². The first-order chi connectivity index (χ1) is 14.7. The Morgan fingerprint density at radius 3 is 2.90 bits per heavy atom. The van der Waals surface area contributed by atoms with Crippen molar-refractivity contribution >= 4 is 33.0 Å². The van der Waals surface area contributed by atoms with Crippen LogP contribution in [0.1, 0.15) is 40.4 Å². The number of aliphatic hydroxyl groups excluding tert-OH is 1. The number of anilines is 1. The minimum absolute atomic E-state index is 0.119. The highest BCUT2D eigenvalue weighted by Crippen LogP contribution is 2.40. The summed E-state index contributed by atoms with van der Waals surface area (Å²) < 4.78 is 6.72. The van der Waals surface area contributed by atoms with E-state index in [2.05, 4.69) is 27.4 Å². The molecule has 1 amide bonds. The largest absolute Gasteiger partial charge is 0.439 e. The number of benzene rings is 2. The second-order valence-electron chi connectivity index (χ2n) is 7.27. The third-order valence-corrected chi connectivity index (χ3v) is 6.01. The van der Waals surface area contributed by atoms with E-state index < -0.39 is 0 Å². The quantitative estimate of drug-likeness (QED) is 0.456. The van der Waals surface area contributed by atoms with Gasteiger partial charge < -0.3 is 15.2 Å². The third kappa shape index (κ3) is 3.90. The van der Waals surface area contributed by atoms with Gasteiger partial charge in [-0.15, -0.1) is 11.3 Å². The van der Waals surface area contributed by atoms with Crippen molar-refractivity contribution in [3.8, 4) is 11.6 Å². The number of aromatic nitrogens is 2. The number of aliphatic hydroxyl groups is 1. The van der Waals surface area contributed by atoms with Gasteiger partial charge in [-0.2, -0.15) is 0 Å². The molecule has 30 heavy (non-hydrogen) atoms. The molecule has 0 atom stereocenters. The Balaban J connectivity index is 1.35. The topological polar surface area (TPSA) is 84.3 Å². The van der Waals surface area contributed by atoms with Crippen LogP contribution in [-0.2, 0) is 6.61 Å². The average molecular weight is 417 g/mol. The van der Waals surface area contributed by atoms with Crippen LogP contribution in [0.4, 0.5) is 5.69 Å². The zero-order valence-corrected chi connectivity index (χ0v) is 16.9. The smallest absolute Gasteiger partial charge is 0.257 e. The normalized spacial score (nSPS) is 13.4. The highest BCUT2D eigenvalue weighted by molar-refractivity contribution is 7.17. The standard InChI is InChI=1S/C23H19N3O3S/c27-11-17-9-22(25-13-24-17)29-18-6-7-19-20(12-30-21(19)10-18)23(28)26-16-3-1-2-15(8-16)14-4-5-14/h1-3,6-10,12-14,27H,4-5,11H2,(H,26,28). The minimum atomic E-state index is -0.176. The molecule has 5 rings (SSSR count). The van der Waals surface area contributed by atoms with Gasteiger partial charge in [0.2, 0.25) is 5.88 Å². The van der Waals surface area contributed by atoms with Crippen LogP contribution in [0.2, 0.25) is 0 Å². The van der Waals surface area contributed by atoms with Gasteiger partial charge in [-0.1, -0.05) is 12.1 Å². The zero-order chi connectivity index (χ0) is 20.5. The number of carbonyl (C=O) groups is 1. The van der Waals surface area contributed by atoms with Crippen molar-refractivity contribution in [1.29, 1.82) is 0 Å². The summed E-state index contributed by atoms with van der Waals surface area (Å²) in [4.78, 5) is 20.9. The molecule has 2 aromatic carbocycles. The molecule has 1 aliphatic rings. The Morgan fingerprint density at radius 1 is 1.17 bits per heavy atom. The van der Waals surface area contributed by atoms with E-state index in [-0.39, 0.29) is 12.5 Å². The molecule has 2 heterocycles. The molecule has 2 N–H and O–H groups in total. The second-order valence-corrected chi connectivity index (χ2v) is 8.18. The van der Waals surface area contributed by atoms with Gasteiger partial charge in [0.05, 0.1) is 17.9 Å². The lowest BCUT2D eigenvalue weighted by Gasteiger charge is -2.07. The van der Waals surface area contributed by atoms with E-state index >= 15 is 0 Å². The predicted molar refractivity (Wildman–Crippen MR) is 116 cm³/mol. The molecule has 0 saturated heterocycles. The lowest BCUT2D eigenvalue weighted by molar-refractivity contribution is 0.102. The van der Waals surface area contributed by atoms with Crippen LogP contribution >= 0.6 is 11.3 Å². The highest BCUT2D eigenvalue weighted by Gasteiger charge is 2.23. The van der Waals surface area contributed by atoms with Crippen LogP contribution in [0.15, 0.2) is 60.2 Å². The van der Waals surface area contributed by atoms with E-state index in [4.69, 9.17) is 4.74 Å². The molecule has 0 radical (unpaired) electrons. The van der Waals surface area contributed by atoms with Crippen LogP contribution in [0, 0.1) is 0 Å². The van der Waals surface area contributed by atoms with Crippen molar-refractivity contribution in [3.05, 3.63) is 77.1 Å². The SMILES string of the molecule is O=C(Nc1cccc(C2CC2)c1)c1csc2cc(Oc3cc(CO)ncn3)ccc12. The molecule has 0 bridgehead atoms. The Hall–Kier alpha value is -3.29. The van der Waals surface area contributed by atoms with Crippen molar-refractivity contribution in [2.75, 3.05) is 5.32 Å². The number of thiophene rings is 1. The van der Waals surface area contributed by atoms with E-state index in [1.54, 1.807) is 12.1 Å². The fourth-order valence-electron chi connectivity index (χ4n) is 3.37. The van der Waals surface area contributed by atoms with Crippen LogP contribution in [0.25, 0.3) is 10.1 Å². The summed E-state index contributed by atoms with van der Waals surface area (Å²) in [5, 5.41) is 15.0. The molecule has 150 valence electrons. The molecular formula is C23H19N3O3S. The first-order valence-electron chi connectivity index (χ1n) is 9.72. The maximum atomic E-state index is 12.9. The van der Waals surface area contributed by atoms with Crippen LogP contribution in [0.5, 0.6) is 11.6 Å². The summed E-state index contributed by atoms with van der Waals surface area (Å²) in [5.74, 6) is 1.49. The number of fused-ring (bicyclic) bond motifs is 1. The van der Waals surface area contributed by atoms with Gasteiger partial charge in [0.15, 0.2) is 0 Å². The minimum Gasteiger partial charge on any atom is -0.439 e. The van der Waals surface area contributed by atoms with Gasteiger partial charge in [0.1, 0.15) is 12.1 Å². The highest BCUT2D eigenvalue weighted by atomic mass is 32.1. The Labute approximate surface area is 177 Å². The van der Waals surface area contributed by atoms with Crippen LogP contribution in [-0.4, -0.2) is 21.0 Å². The number of amides is 1. The van der Waals surface area contributed by atoms with Gasteiger partial charge in [0, 0.05) is 27.2 Å². The number of hydrogen-bond acceptors (Lipinski definition) is 6. The summed E-state index contributed by atoms with van der Waals surface area (Å²) in [7, 11) is 0. The number of hydrogen-bond donors (Lipinski definition) is 2. The Morgan fingerprint density at radius 2 is 2.07 bits per heavy atom. The molecule has 0 aliphatic heterocycles. The van der Waals surface area contributed by atoms with Crippen molar-refractivity contribution in [1.82, 2.24) is 9.97 Å². The van der Waals surface area contributed by atoms with Crippen molar-refractivity contribution in [3.63, 3.8) is 0 Å². The third-order valence-electron chi connectivity index (χ3n) is 5.07. The lowest BCUT2D eigenvalue weighted by Crippen LogP contribution is -2.11. The number of nitrogens with one attached hydrogen (secondary N) is 1. The number of carbonyl (C=O) groups excluding carboxylic acids is 1. The monoisotopic (exact) mass is 417 g/mol. The van der Waals surface area contributed by atoms with Crippen molar-refractivity contribution < 1.29 is 14.6 Å². The van der Waals surface area contributed by atoms with Crippen LogP contribution < -0.4 is 10.1 Å². The average Bonchev–Trinajstić information content (AvgIpc) is 3.53. The lowest BCUT2D eigenvalue weighted by atomic mass is 10.1. The molecule has 2 aromatic heterocycles. The van der Waals surface area contributed by atoms with Gasteiger partial charge in [-0.05, 0) is 54.7 Å². The van der Waals surface area contributed by atoms with E-state index in [1.165, 1.54) is 36.1 Å². The summed E-state index contributed by atoms with van der Waals surface area (Å²) in [6, 6.07) is 15.3. The van der Waals surface area contributed by atoms with Crippen LogP contribution in [0.3, 0.4) is 0 Å². The molecule has 6 nitrogen and oxygen atoms in total. The Kier molecular flexibility index (Phi) is 4.90. The number of ether oxygens (including phenoxy) is 1. The van der Waals surface area contributed by atoms with Gasteiger partial charge in [-0.3, -0.25) is 4.79 Å². The number of nitrogens with zero attached hydrogens (tertiary/aromatic N) is 2. The molecule has 7 heteroatoms. The Bertz CT molecular complexity index is 1230. The van der Waals surface area contributed by atoms with E-state index in [1.807, 2.05) is 29.6 Å². The first kappa shape index (κ1) is 18.7. The second kappa shape index (κ2) is 7.85. The zero-order valence-electron chi connectivity index (χ0n) is 16.0. The number of rotatable bonds is 6. The molecule has 4 aromatic rings. The first-order valence-corrected chi connectivity index (χ1v) is 10.6. The fourth-order valence-corrected chi connectivity index (χ4v) is 4.34. The summed E-state index contributed by atoms with van der Waals surface area (Å²) in [5.41, 5.74) is 3.25. The molecule has 0 unspecified atom stereocenters. The molecule has 1 aliphatic carbocycles. The summed E-state index contributed by atoms with van der Waals surface area (Å²) >= 11 is 1.49. The summed E-state index contributed by atoms with van der Waals surface area (Å²) in [6.07, 6.45) is 3.81. The fraction of sp³-hybridized carbons (Fsp3) is 0.174. The van der Waals surface area contributed by atoms with Gasteiger partial charge in [0.25, 0.3) is 5.91 Å². The van der Waals surface area contributed by atoms with Gasteiger partial charge in [-0.25, -0.2) is 9.97 Å². The van der Waals surface area contributed by atoms with Crippen molar-refractivity contribution in [2.45, 2.75) is 25.4 Å². The summed E-state index contributed by atoms with van der Waals surface area (Å²) in [6.45, 7) is -0.176. The molecular weight excluding hydrogens is 398 g/mol. The predicted octanol–water partition coefficient (Wildman–Crippen LogP) is 5.11. The van der Waals surface area contributed by atoms with Crippen molar-refractivity contribution in [2.24, 2.45) is 0 Å². The molecule has 1 saturated carbocycles. The maximum absolute atomic E-state index is 12.9.